The van der Waals surface area contributed by atoms with Gasteiger partial charge >= 0.3 is 11.9 Å². The van der Waals surface area contributed by atoms with Crippen LogP contribution in [-0.4, -0.2) is 44.4 Å². The zero-order chi connectivity index (χ0) is 18.4. The van der Waals surface area contributed by atoms with Gasteiger partial charge in [0.15, 0.2) is 5.54 Å². The first kappa shape index (κ1) is 17.1. The van der Waals surface area contributed by atoms with Crippen LogP contribution in [0.1, 0.15) is 58.9 Å². The number of imide groups is 1. The summed E-state index contributed by atoms with van der Waals surface area (Å²) in [5.74, 6) is -5.47. The van der Waals surface area contributed by atoms with Crippen molar-refractivity contribution >= 4 is 23.8 Å². The van der Waals surface area contributed by atoms with E-state index in [-0.39, 0.29) is 24.0 Å². The van der Waals surface area contributed by atoms with Gasteiger partial charge in [-0.3, -0.25) is 19.3 Å². The van der Waals surface area contributed by atoms with Gasteiger partial charge in [0.05, 0.1) is 17.0 Å². The van der Waals surface area contributed by atoms with Crippen LogP contribution in [0, 0.1) is 5.92 Å². The Bertz CT molecular complexity index is 786. The maximum atomic E-state index is 13.0. The Balaban J connectivity index is 2.19. The van der Waals surface area contributed by atoms with E-state index in [1.54, 1.807) is 12.1 Å². The second kappa shape index (κ2) is 5.98. The van der Waals surface area contributed by atoms with Gasteiger partial charge in [0.1, 0.15) is 0 Å². The van der Waals surface area contributed by atoms with Gasteiger partial charge in [-0.15, -0.1) is 0 Å². The zero-order valence-electron chi connectivity index (χ0n) is 13.8. The molecule has 0 spiro atoms. The lowest BCUT2D eigenvalue weighted by molar-refractivity contribution is -0.164. The maximum absolute atomic E-state index is 13.0. The third-order valence-electron chi connectivity index (χ3n) is 5.33. The Morgan fingerprint density at radius 3 is 2.52 bits per heavy atom. The number of fused-ring (bicyclic) bond motifs is 1. The first-order valence-electron chi connectivity index (χ1n) is 8.33. The molecule has 0 radical (unpaired) electrons. The number of benzene rings is 1. The minimum atomic E-state index is -2.04. The molecule has 0 bridgehead atoms. The molecule has 1 saturated carbocycles. The summed E-state index contributed by atoms with van der Waals surface area (Å²) in [6, 6.07) is 4.86. The van der Waals surface area contributed by atoms with Crippen LogP contribution in [0.2, 0.25) is 0 Å². The lowest BCUT2D eigenvalue weighted by Gasteiger charge is -2.43. The molecule has 1 fully saturated rings. The molecule has 2 aliphatic rings. The van der Waals surface area contributed by atoms with E-state index in [1.807, 2.05) is 6.92 Å². The van der Waals surface area contributed by atoms with Crippen molar-refractivity contribution in [1.29, 1.82) is 0 Å². The van der Waals surface area contributed by atoms with Gasteiger partial charge in [-0.1, -0.05) is 31.9 Å². The van der Waals surface area contributed by atoms with E-state index in [2.05, 4.69) is 0 Å². The van der Waals surface area contributed by atoms with Crippen LogP contribution in [-0.2, 0) is 16.0 Å². The summed E-state index contributed by atoms with van der Waals surface area (Å²) in [6.45, 7) is 1.84. The van der Waals surface area contributed by atoms with Crippen molar-refractivity contribution in [2.45, 2.75) is 44.6 Å². The Hall–Kier alpha value is -2.70. The molecule has 1 aliphatic carbocycles. The first-order valence-corrected chi connectivity index (χ1v) is 8.33. The highest BCUT2D eigenvalue weighted by atomic mass is 16.4. The zero-order valence-corrected chi connectivity index (χ0v) is 13.8. The molecule has 132 valence electrons. The largest absolute Gasteiger partial charge is 0.481 e. The van der Waals surface area contributed by atoms with Crippen LogP contribution in [0.5, 0.6) is 0 Å². The lowest BCUT2D eigenvalue weighted by Crippen LogP contribution is -2.64. The van der Waals surface area contributed by atoms with Crippen LogP contribution in [0.4, 0.5) is 0 Å². The van der Waals surface area contributed by atoms with Crippen LogP contribution in [0.3, 0.4) is 0 Å². The summed E-state index contributed by atoms with van der Waals surface area (Å²) in [7, 11) is 0. The molecule has 1 aromatic rings. The van der Waals surface area contributed by atoms with Crippen molar-refractivity contribution in [3.63, 3.8) is 0 Å². The van der Waals surface area contributed by atoms with E-state index < -0.39 is 35.2 Å². The van der Waals surface area contributed by atoms with E-state index in [1.165, 1.54) is 6.07 Å². The summed E-state index contributed by atoms with van der Waals surface area (Å²) < 4.78 is 0. The Labute approximate surface area is 144 Å². The maximum Gasteiger partial charge on any atom is 0.331 e. The highest BCUT2D eigenvalue weighted by molar-refractivity contribution is 6.24. The summed E-state index contributed by atoms with van der Waals surface area (Å²) in [6.07, 6.45) is 1.58. The summed E-state index contributed by atoms with van der Waals surface area (Å²) in [5.41, 5.74) is -1.03. The van der Waals surface area contributed by atoms with Crippen molar-refractivity contribution in [2.24, 2.45) is 5.92 Å². The molecule has 3 rings (SSSR count). The van der Waals surface area contributed by atoms with Crippen molar-refractivity contribution in [2.75, 3.05) is 0 Å². The molecule has 25 heavy (non-hydrogen) atoms. The molecule has 0 aromatic heterocycles. The molecule has 7 heteroatoms. The second-order valence-electron chi connectivity index (χ2n) is 6.50. The summed E-state index contributed by atoms with van der Waals surface area (Å²) >= 11 is 0. The lowest BCUT2D eigenvalue weighted by atomic mass is 9.71. The van der Waals surface area contributed by atoms with Crippen molar-refractivity contribution in [3.05, 3.63) is 34.9 Å². The number of rotatable bonds is 4. The molecule has 2 N–H and O–H groups in total. The van der Waals surface area contributed by atoms with E-state index in [4.69, 9.17) is 0 Å². The average Bonchev–Trinajstić information content (AvgIpc) is 2.86. The predicted molar refractivity (Wildman–Crippen MR) is 86.3 cm³/mol. The van der Waals surface area contributed by atoms with Crippen LogP contribution < -0.4 is 0 Å². The number of amides is 2. The van der Waals surface area contributed by atoms with Gasteiger partial charge in [-0.25, -0.2) is 4.79 Å². The predicted octanol–water partition coefficient (Wildman–Crippen LogP) is 1.94. The Kier molecular flexibility index (Phi) is 4.10. The molecule has 1 heterocycles. The Morgan fingerprint density at radius 1 is 1.20 bits per heavy atom. The van der Waals surface area contributed by atoms with Crippen molar-refractivity contribution < 1.29 is 29.4 Å². The molecular formula is C18H19NO6. The van der Waals surface area contributed by atoms with Crippen LogP contribution >= 0.6 is 0 Å². The van der Waals surface area contributed by atoms with E-state index in [0.29, 0.717) is 29.7 Å². The van der Waals surface area contributed by atoms with E-state index in [9.17, 15) is 29.4 Å². The van der Waals surface area contributed by atoms with Crippen LogP contribution in [0.15, 0.2) is 18.2 Å². The number of nitrogens with zero attached hydrogens (tertiary/aromatic N) is 1. The van der Waals surface area contributed by atoms with Gasteiger partial charge in [0.25, 0.3) is 11.8 Å². The standard InChI is InChI=1S/C18H19NO6/c1-2-10-6-5-7-11-13(10)15(21)19(14(11)20)18(17(24)25)9-4-3-8-12(18)16(22)23/h5-7,12H,2-4,8-9H2,1H3,(H,22,23)(H,24,25). The van der Waals surface area contributed by atoms with Crippen molar-refractivity contribution in [3.8, 4) is 0 Å². The molecule has 2 unspecified atom stereocenters. The second-order valence-corrected chi connectivity index (χ2v) is 6.50. The average molecular weight is 345 g/mol. The third kappa shape index (κ3) is 2.26. The number of carboxylic acid groups (broad SMARTS) is 2. The molecular weight excluding hydrogens is 326 g/mol. The molecule has 7 nitrogen and oxygen atoms in total. The number of hydrogen-bond donors (Lipinski definition) is 2. The third-order valence-corrected chi connectivity index (χ3v) is 5.33. The highest BCUT2D eigenvalue weighted by Gasteiger charge is 2.61. The number of hydrogen-bond acceptors (Lipinski definition) is 4. The quantitative estimate of drug-likeness (QED) is 0.807. The molecule has 1 aliphatic heterocycles. The van der Waals surface area contributed by atoms with Gasteiger partial charge in [0.2, 0.25) is 0 Å². The normalized spacial score (nSPS) is 25.8. The fourth-order valence-electron chi connectivity index (χ4n) is 4.12. The fourth-order valence-corrected chi connectivity index (χ4v) is 4.12. The number of carboxylic acids is 2. The molecule has 2 atom stereocenters. The van der Waals surface area contributed by atoms with Gasteiger partial charge in [-0.2, -0.15) is 0 Å². The Morgan fingerprint density at radius 2 is 1.92 bits per heavy atom. The SMILES string of the molecule is CCc1cccc2c1C(=O)N(C1(C(=O)O)CCCCC1C(=O)O)C2=O. The molecule has 0 saturated heterocycles. The van der Waals surface area contributed by atoms with E-state index >= 15 is 0 Å². The van der Waals surface area contributed by atoms with Gasteiger partial charge in [0, 0.05) is 0 Å². The number of aliphatic carboxylic acids is 2. The minimum Gasteiger partial charge on any atom is -0.481 e. The van der Waals surface area contributed by atoms with Crippen LogP contribution in [0.25, 0.3) is 0 Å². The number of carbonyl (C=O) groups excluding carboxylic acids is 2. The fraction of sp³-hybridized carbons (Fsp3) is 0.444. The first-order chi connectivity index (χ1) is 11.9. The topological polar surface area (TPSA) is 112 Å². The van der Waals surface area contributed by atoms with Crippen molar-refractivity contribution in [1.82, 2.24) is 4.90 Å². The van der Waals surface area contributed by atoms with E-state index in [0.717, 1.165) is 0 Å². The monoisotopic (exact) mass is 345 g/mol. The number of aryl methyl sites for hydroxylation is 1. The summed E-state index contributed by atoms with van der Waals surface area (Å²) in [5, 5.41) is 19.5. The molecule has 2 amide bonds. The highest BCUT2D eigenvalue weighted by Crippen LogP contribution is 2.43. The number of carbonyl (C=O) groups is 4. The van der Waals surface area contributed by atoms with Gasteiger partial charge in [-0.05, 0) is 30.9 Å². The molecule has 1 aromatic carbocycles. The minimum absolute atomic E-state index is 0.0494. The smallest absolute Gasteiger partial charge is 0.331 e. The van der Waals surface area contributed by atoms with Gasteiger partial charge < -0.3 is 10.2 Å². The summed E-state index contributed by atoms with van der Waals surface area (Å²) in [4.78, 5) is 50.5.